The van der Waals surface area contributed by atoms with E-state index < -0.39 is 17.7 Å². The summed E-state index contributed by atoms with van der Waals surface area (Å²) >= 11 is 0. The van der Waals surface area contributed by atoms with Gasteiger partial charge in [-0.1, -0.05) is 5.11 Å². The van der Waals surface area contributed by atoms with E-state index in [0.29, 0.717) is 19.3 Å². The van der Waals surface area contributed by atoms with Crippen LogP contribution < -0.4 is 5.32 Å². The van der Waals surface area contributed by atoms with Gasteiger partial charge in [-0.15, -0.1) is 0 Å². The van der Waals surface area contributed by atoms with Crippen molar-refractivity contribution in [3.63, 3.8) is 0 Å². The van der Waals surface area contributed by atoms with Crippen LogP contribution >= 0.6 is 0 Å². The second kappa shape index (κ2) is 7.17. The molecule has 118 valence electrons. The number of rotatable bonds is 3. The van der Waals surface area contributed by atoms with Crippen molar-refractivity contribution in [2.45, 2.75) is 57.7 Å². The van der Waals surface area contributed by atoms with Crippen molar-refractivity contribution in [2.75, 3.05) is 7.11 Å². The first-order valence-electron chi connectivity index (χ1n) is 6.88. The Morgan fingerprint density at radius 2 is 2.00 bits per heavy atom. The van der Waals surface area contributed by atoms with Crippen LogP contribution in [0.1, 0.15) is 40.0 Å². The number of carbonyl (C=O) groups excluding carboxylic acids is 2. The van der Waals surface area contributed by atoms with Crippen LogP contribution in [0.15, 0.2) is 5.11 Å². The molecule has 8 nitrogen and oxygen atoms in total. The molecule has 1 amide bonds. The largest absolute Gasteiger partial charge is 0.469 e. The molecule has 1 N–H and O–H groups in total. The Labute approximate surface area is 123 Å². The van der Waals surface area contributed by atoms with E-state index in [2.05, 4.69) is 15.3 Å². The Kier molecular flexibility index (Phi) is 5.84. The lowest BCUT2D eigenvalue weighted by atomic mass is 9.82. The summed E-state index contributed by atoms with van der Waals surface area (Å²) in [6.07, 6.45) is 0.909. The van der Waals surface area contributed by atoms with Gasteiger partial charge in [-0.3, -0.25) is 4.79 Å². The summed E-state index contributed by atoms with van der Waals surface area (Å²) in [6.45, 7) is 5.31. The smallest absolute Gasteiger partial charge is 0.407 e. The highest BCUT2D eigenvalue weighted by molar-refractivity contribution is 5.72. The van der Waals surface area contributed by atoms with Crippen LogP contribution in [0.4, 0.5) is 4.79 Å². The summed E-state index contributed by atoms with van der Waals surface area (Å²) in [4.78, 5) is 26.1. The molecule has 1 saturated carbocycles. The molecule has 0 aliphatic heterocycles. The number of alkyl carbamates (subject to hydrolysis) is 1. The lowest BCUT2D eigenvalue weighted by Crippen LogP contribution is -2.48. The number of hydrogen-bond acceptors (Lipinski definition) is 5. The van der Waals surface area contributed by atoms with E-state index >= 15 is 0 Å². The fourth-order valence-electron chi connectivity index (χ4n) is 2.35. The predicted octanol–water partition coefficient (Wildman–Crippen LogP) is 2.53. The molecule has 0 aromatic rings. The molecule has 3 atom stereocenters. The number of hydrogen-bond donors (Lipinski definition) is 1. The minimum absolute atomic E-state index is 0.304. The lowest BCUT2D eigenvalue weighted by molar-refractivity contribution is -0.146. The van der Waals surface area contributed by atoms with Crippen LogP contribution in [0.5, 0.6) is 0 Å². The van der Waals surface area contributed by atoms with Gasteiger partial charge in [0.05, 0.1) is 19.1 Å². The zero-order valence-corrected chi connectivity index (χ0v) is 12.8. The van der Waals surface area contributed by atoms with Crippen LogP contribution in [-0.4, -0.2) is 36.9 Å². The Bertz CT molecular complexity index is 440. The van der Waals surface area contributed by atoms with Crippen LogP contribution in [0.2, 0.25) is 0 Å². The molecule has 21 heavy (non-hydrogen) atoms. The molecule has 1 aliphatic rings. The fourth-order valence-corrected chi connectivity index (χ4v) is 2.35. The SMILES string of the molecule is COC(=O)[C@H]1CC[C@@H](NC(=O)OC(C)(C)C)[C@H](N=[N+]=[N-])C1. The highest BCUT2D eigenvalue weighted by Gasteiger charge is 2.35. The molecule has 0 aromatic heterocycles. The zero-order chi connectivity index (χ0) is 16.0. The first-order chi connectivity index (χ1) is 9.76. The van der Waals surface area contributed by atoms with E-state index in [1.165, 1.54) is 7.11 Å². The van der Waals surface area contributed by atoms with Crippen molar-refractivity contribution in [1.29, 1.82) is 0 Å². The quantitative estimate of drug-likeness (QED) is 0.373. The summed E-state index contributed by atoms with van der Waals surface area (Å²) in [6, 6.07) is -0.822. The van der Waals surface area contributed by atoms with Gasteiger partial charge in [0.15, 0.2) is 0 Å². The fraction of sp³-hybridized carbons (Fsp3) is 0.846. The maximum Gasteiger partial charge on any atom is 0.407 e. The van der Waals surface area contributed by atoms with Gasteiger partial charge in [0.1, 0.15) is 5.60 Å². The summed E-state index contributed by atoms with van der Waals surface area (Å²) < 4.78 is 9.90. The molecule has 0 bridgehead atoms. The average molecular weight is 298 g/mol. The summed E-state index contributed by atoms with van der Waals surface area (Å²) in [5, 5.41) is 6.39. The molecule has 8 heteroatoms. The summed E-state index contributed by atoms with van der Waals surface area (Å²) in [5.41, 5.74) is 8.04. The number of nitrogens with one attached hydrogen (secondary N) is 1. The minimum atomic E-state index is -0.596. The maximum atomic E-state index is 11.8. The Balaban J connectivity index is 2.68. The van der Waals surface area contributed by atoms with E-state index in [0.717, 1.165) is 0 Å². The second-order valence-corrected chi connectivity index (χ2v) is 6.06. The first-order valence-corrected chi connectivity index (χ1v) is 6.88. The molecule has 1 rings (SSSR count). The van der Waals surface area contributed by atoms with Gasteiger partial charge in [-0.05, 0) is 45.6 Å². The second-order valence-electron chi connectivity index (χ2n) is 6.06. The Morgan fingerprint density at radius 3 is 2.52 bits per heavy atom. The molecule has 0 spiro atoms. The van der Waals surface area contributed by atoms with Crippen molar-refractivity contribution in [1.82, 2.24) is 5.32 Å². The Hall–Kier alpha value is -1.95. The first kappa shape index (κ1) is 17.1. The van der Waals surface area contributed by atoms with Gasteiger partial charge in [0.25, 0.3) is 0 Å². The van der Waals surface area contributed by atoms with Gasteiger partial charge >= 0.3 is 12.1 Å². The minimum Gasteiger partial charge on any atom is -0.469 e. The van der Waals surface area contributed by atoms with Crippen molar-refractivity contribution < 1.29 is 19.1 Å². The number of azide groups is 1. The number of ether oxygens (including phenoxy) is 2. The molecule has 0 unspecified atom stereocenters. The molecule has 0 radical (unpaired) electrons. The van der Waals surface area contributed by atoms with E-state index in [4.69, 9.17) is 15.0 Å². The van der Waals surface area contributed by atoms with E-state index in [9.17, 15) is 9.59 Å². The predicted molar refractivity (Wildman–Crippen MR) is 75.4 cm³/mol. The normalized spacial score (nSPS) is 25.4. The van der Waals surface area contributed by atoms with Crippen LogP contribution in [0.3, 0.4) is 0 Å². The summed E-state index contributed by atoms with van der Waals surface area (Å²) in [5.74, 6) is -0.619. The third-order valence-corrected chi connectivity index (χ3v) is 3.25. The zero-order valence-electron chi connectivity index (χ0n) is 12.8. The number of amides is 1. The summed E-state index contributed by atoms with van der Waals surface area (Å²) in [7, 11) is 1.33. The number of nitrogens with zero attached hydrogens (tertiary/aromatic N) is 3. The molecule has 0 heterocycles. The highest BCUT2D eigenvalue weighted by Crippen LogP contribution is 2.28. The van der Waals surface area contributed by atoms with Crippen molar-refractivity contribution >= 4 is 12.1 Å². The van der Waals surface area contributed by atoms with Crippen LogP contribution in [0.25, 0.3) is 10.4 Å². The third-order valence-electron chi connectivity index (χ3n) is 3.25. The maximum absolute atomic E-state index is 11.8. The Morgan fingerprint density at radius 1 is 1.33 bits per heavy atom. The van der Waals surface area contributed by atoms with Crippen LogP contribution in [-0.2, 0) is 14.3 Å². The van der Waals surface area contributed by atoms with Crippen molar-refractivity contribution in [3.05, 3.63) is 10.4 Å². The lowest BCUT2D eigenvalue weighted by Gasteiger charge is -2.33. The third kappa shape index (κ3) is 5.51. The highest BCUT2D eigenvalue weighted by atomic mass is 16.6. The molecule has 0 aromatic carbocycles. The average Bonchev–Trinajstić information content (AvgIpc) is 2.38. The van der Waals surface area contributed by atoms with E-state index in [1.807, 2.05) is 0 Å². The number of methoxy groups -OCH3 is 1. The standard InChI is InChI=1S/C13H22N4O4/c1-13(2,3)21-12(19)15-9-6-5-8(11(18)20-4)7-10(9)16-17-14/h8-10H,5-7H2,1-4H3,(H,15,19)/t8-,9+,10+/m0/s1. The van der Waals surface area contributed by atoms with Crippen LogP contribution in [0, 0.1) is 5.92 Å². The van der Waals surface area contributed by atoms with Crippen molar-refractivity contribution in [2.24, 2.45) is 11.0 Å². The molecule has 0 saturated heterocycles. The number of carbonyl (C=O) groups is 2. The van der Waals surface area contributed by atoms with Gasteiger partial charge in [-0.25, -0.2) is 4.79 Å². The van der Waals surface area contributed by atoms with E-state index in [1.54, 1.807) is 20.8 Å². The van der Waals surface area contributed by atoms with Gasteiger partial charge in [-0.2, -0.15) is 0 Å². The van der Waals surface area contributed by atoms with Gasteiger partial charge < -0.3 is 14.8 Å². The molecule has 1 aliphatic carbocycles. The molecular weight excluding hydrogens is 276 g/mol. The monoisotopic (exact) mass is 298 g/mol. The van der Waals surface area contributed by atoms with Gasteiger partial charge in [0.2, 0.25) is 0 Å². The number of esters is 1. The molecular formula is C13H22N4O4. The van der Waals surface area contributed by atoms with E-state index in [-0.39, 0.29) is 17.9 Å². The van der Waals surface area contributed by atoms with Gasteiger partial charge in [0, 0.05) is 11.0 Å². The molecule has 1 fully saturated rings. The van der Waals surface area contributed by atoms with Crippen molar-refractivity contribution in [3.8, 4) is 0 Å². The topological polar surface area (TPSA) is 113 Å².